The lowest BCUT2D eigenvalue weighted by atomic mass is 9.64. The van der Waals surface area contributed by atoms with Crippen molar-refractivity contribution in [1.82, 2.24) is 9.97 Å². The van der Waals surface area contributed by atoms with Gasteiger partial charge in [-0.2, -0.15) is 0 Å². The van der Waals surface area contributed by atoms with E-state index in [-0.39, 0.29) is 12.0 Å². The van der Waals surface area contributed by atoms with Crippen molar-refractivity contribution in [3.05, 3.63) is 78.2 Å². The lowest BCUT2D eigenvalue weighted by Gasteiger charge is -2.43. The molecule has 35 heavy (non-hydrogen) atoms. The first-order valence-electron chi connectivity index (χ1n) is 12.6. The molecule has 0 spiro atoms. The smallest absolute Gasteiger partial charge is 0.161 e. The monoisotopic (exact) mass is 473 g/mol. The number of benzene rings is 1. The van der Waals surface area contributed by atoms with E-state index in [1.807, 2.05) is 55.6 Å². The maximum absolute atomic E-state index is 12.1. The van der Waals surface area contributed by atoms with Gasteiger partial charge >= 0.3 is 0 Å². The Labute approximate surface area is 207 Å². The van der Waals surface area contributed by atoms with Gasteiger partial charge in [0.1, 0.15) is 11.4 Å². The standard InChI is InChI=1S/C29H35N3O3/c1-28(29(2,33)26-12-6-8-16-30-26)20-32(27-13-7-9-17-31-27)19-23(28)21-14-15-24(34-3)25(18-21)35-22-10-4-5-11-22/h6-9,12-18,22-23,33H,4-5,10-11,19-20H2,1-3H3/t23-,28+,29-/m0/s1. The van der Waals surface area contributed by atoms with Crippen LogP contribution in [0.4, 0.5) is 5.82 Å². The quantitative estimate of drug-likeness (QED) is 0.501. The fourth-order valence-corrected chi connectivity index (χ4v) is 5.81. The van der Waals surface area contributed by atoms with Gasteiger partial charge in [-0.05, 0) is 74.6 Å². The summed E-state index contributed by atoms with van der Waals surface area (Å²) in [5, 5.41) is 12.1. The number of nitrogens with zero attached hydrogens (tertiary/aromatic N) is 3. The van der Waals surface area contributed by atoms with Crippen LogP contribution in [0.1, 0.15) is 56.7 Å². The normalized spacial score (nSPS) is 24.3. The number of aliphatic hydroxyl groups is 1. The summed E-state index contributed by atoms with van der Waals surface area (Å²) in [7, 11) is 1.69. The Kier molecular flexibility index (Phi) is 6.41. The van der Waals surface area contributed by atoms with Gasteiger partial charge in [-0.1, -0.05) is 25.1 Å². The van der Waals surface area contributed by atoms with Crippen molar-refractivity contribution >= 4 is 5.82 Å². The van der Waals surface area contributed by atoms with Crippen LogP contribution in [0.25, 0.3) is 0 Å². The second-order valence-electron chi connectivity index (χ2n) is 10.3. The minimum Gasteiger partial charge on any atom is -0.493 e. The summed E-state index contributed by atoms with van der Waals surface area (Å²) in [6.07, 6.45) is 8.37. The second-order valence-corrected chi connectivity index (χ2v) is 10.3. The van der Waals surface area contributed by atoms with Crippen LogP contribution in [0.3, 0.4) is 0 Å². The molecule has 0 radical (unpaired) electrons. The van der Waals surface area contributed by atoms with Crippen LogP contribution in [-0.4, -0.2) is 41.4 Å². The molecule has 5 rings (SSSR count). The maximum Gasteiger partial charge on any atom is 0.161 e. The molecule has 3 atom stereocenters. The molecular weight excluding hydrogens is 438 g/mol. The molecule has 1 saturated heterocycles. The molecule has 0 amide bonds. The summed E-state index contributed by atoms with van der Waals surface area (Å²) in [6.45, 7) is 5.43. The van der Waals surface area contributed by atoms with Crippen molar-refractivity contribution < 1.29 is 14.6 Å². The van der Waals surface area contributed by atoms with Crippen LogP contribution in [0.15, 0.2) is 67.0 Å². The first-order chi connectivity index (χ1) is 16.9. The first kappa shape index (κ1) is 23.6. The minimum atomic E-state index is -1.17. The predicted octanol–water partition coefficient (Wildman–Crippen LogP) is 5.32. The fourth-order valence-electron chi connectivity index (χ4n) is 5.81. The van der Waals surface area contributed by atoms with Gasteiger partial charge in [0.25, 0.3) is 0 Å². The van der Waals surface area contributed by atoms with Crippen molar-refractivity contribution in [3.8, 4) is 11.5 Å². The third-order valence-corrected chi connectivity index (χ3v) is 8.13. The van der Waals surface area contributed by atoms with Crippen LogP contribution >= 0.6 is 0 Å². The average molecular weight is 474 g/mol. The van der Waals surface area contributed by atoms with Crippen LogP contribution < -0.4 is 14.4 Å². The lowest BCUT2D eigenvalue weighted by Crippen LogP contribution is -2.47. The molecule has 1 N–H and O–H groups in total. The van der Waals surface area contributed by atoms with Gasteiger partial charge in [-0.3, -0.25) is 4.98 Å². The summed E-state index contributed by atoms with van der Waals surface area (Å²) >= 11 is 0. The largest absolute Gasteiger partial charge is 0.493 e. The lowest BCUT2D eigenvalue weighted by molar-refractivity contribution is -0.0680. The van der Waals surface area contributed by atoms with Crippen molar-refractivity contribution in [1.29, 1.82) is 0 Å². The molecule has 1 aromatic carbocycles. The van der Waals surface area contributed by atoms with Crippen LogP contribution in [0, 0.1) is 5.41 Å². The Morgan fingerprint density at radius 1 is 1.00 bits per heavy atom. The summed E-state index contributed by atoms with van der Waals surface area (Å²) in [5.41, 5.74) is 0.0784. The molecule has 3 heterocycles. The predicted molar refractivity (Wildman–Crippen MR) is 137 cm³/mol. The molecule has 1 saturated carbocycles. The number of ether oxygens (including phenoxy) is 2. The van der Waals surface area contributed by atoms with Crippen molar-refractivity contribution in [2.45, 2.75) is 57.2 Å². The van der Waals surface area contributed by atoms with E-state index in [1.54, 1.807) is 13.3 Å². The van der Waals surface area contributed by atoms with Gasteiger partial charge in [-0.15, -0.1) is 0 Å². The van der Waals surface area contributed by atoms with Gasteiger partial charge in [0, 0.05) is 36.8 Å². The third kappa shape index (κ3) is 4.36. The van der Waals surface area contributed by atoms with E-state index in [9.17, 15) is 5.11 Å². The van der Waals surface area contributed by atoms with E-state index in [2.05, 4.69) is 33.9 Å². The highest BCUT2D eigenvalue weighted by Gasteiger charge is 2.56. The van der Waals surface area contributed by atoms with E-state index in [0.29, 0.717) is 12.2 Å². The van der Waals surface area contributed by atoms with E-state index in [4.69, 9.17) is 9.47 Å². The molecule has 6 nitrogen and oxygen atoms in total. The van der Waals surface area contributed by atoms with Gasteiger partial charge in [0.2, 0.25) is 0 Å². The van der Waals surface area contributed by atoms with E-state index in [1.165, 1.54) is 12.8 Å². The number of aromatic nitrogens is 2. The summed E-state index contributed by atoms with van der Waals surface area (Å²) in [5.74, 6) is 2.46. The molecule has 1 aliphatic heterocycles. The van der Waals surface area contributed by atoms with Crippen molar-refractivity contribution in [3.63, 3.8) is 0 Å². The molecule has 0 bridgehead atoms. The molecule has 3 aromatic rings. The molecule has 184 valence electrons. The fraction of sp³-hybridized carbons (Fsp3) is 0.448. The van der Waals surface area contributed by atoms with Crippen molar-refractivity contribution in [2.75, 3.05) is 25.1 Å². The van der Waals surface area contributed by atoms with E-state index < -0.39 is 11.0 Å². The van der Waals surface area contributed by atoms with E-state index >= 15 is 0 Å². The van der Waals surface area contributed by atoms with Crippen LogP contribution in [0.2, 0.25) is 0 Å². The number of rotatable bonds is 7. The molecule has 2 fully saturated rings. The minimum absolute atomic E-state index is 0.0124. The number of anilines is 1. The van der Waals surface area contributed by atoms with Crippen LogP contribution in [0.5, 0.6) is 11.5 Å². The Morgan fingerprint density at radius 2 is 1.74 bits per heavy atom. The Bertz CT molecular complexity index is 1130. The highest BCUT2D eigenvalue weighted by Crippen LogP contribution is 2.54. The number of pyridine rings is 2. The Balaban J connectivity index is 1.56. The molecular formula is C29H35N3O3. The average Bonchev–Trinajstić information content (AvgIpc) is 3.53. The number of hydrogen-bond donors (Lipinski definition) is 1. The van der Waals surface area contributed by atoms with Gasteiger partial charge in [-0.25, -0.2) is 4.98 Å². The molecule has 2 aromatic heterocycles. The number of hydrogen-bond acceptors (Lipinski definition) is 6. The van der Waals surface area contributed by atoms with Gasteiger partial charge < -0.3 is 19.5 Å². The highest BCUT2D eigenvalue weighted by molar-refractivity contribution is 5.49. The van der Waals surface area contributed by atoms with Crippen molar-refractivity contribution in [2.24, 2.45) is 5.41 Å². The molecule has 2 aliphatic rings. The zero-order chi connectivity index (χ0) is 24.5. The number of methoxy groups -OCH3 is 1. The molecule has 0 unspecified atom stereocenters. The molecule has 6 heteroatoms. The zero-order valence-corrected chi connectivity index (χ0v) is 20.9. The Hall–Kier alpha value is -3.12. The topological polar surface area (TPSA) is 67.7 Å². The first-order valence-corrected chi connectivity index (χ1v) is 12.6. The van der Waals surface area contributed by atoms with E-state index in [0.717, 1.165) is 42.3 Å². The maximum atomic E-state index is 12.1. The summed E-state index contributed by atoms with van der Waals surface area (Å²) in [4.78, 5) is 11.4. The van der Waals surface area contributed by atoms with Gasteiger partial charge in [0.15, 0.2) is 11.5 Å². The molecule has 1 aliphatic carbocycles. The zero-order valence-electron chi connectivity index (χ0n) is 20.9. The summed E-state index contributed by atoms with van der Waals surface area (Å²) in [6, 6.07) is 17.9. The third-order valence-electron chi connectivity index (χ3n) is 8.13. The Morgan fingerprint density at radius 3 is 2.40 bits per heavy atom. The summed E-state index contributed by atoms with van der Waals surface area (Å²) < 4.78 is 12.1. The van der Waals surface area contributed by atoms with Crippen LogP contribution in [-0.2, 0) is 5.60 Å². The SMILES string of the molecule is COc1ccc([C@@H]2CN(c3ccccn3)C[C@@]2(C)[C@@](C)(O)c2ccccn2)cc1OC1CCCC1. The second kappa shape index (κ2) is 9.50. The van der Waals surface area contributed by atoms with Gasteiger partial charge in [0.05, 0.1) is 18.9 Å². The highest BCUT2D eigenvalue weighted by atomic mass is 16.5.